The first kappa shape index (κ1) is 21.3. The molecule has 0 aromatic heterocycles. The van der Waals surface area contributed by atoms with E-state index in [9.17, 15) is 9.59 Å². The van der Waals surface area contributed by atoms with Crippen molar-refractivity contribution in [2.75, 3.05) is 7.11 Å². The smallest absolute Gasteiger partial charge is 0.413 e. The molecule has 1 aliphatic heterocycles. The molecule has 1 heterocycles. The summed E-state index contributed by atoms with van der Waals surface area (Å²) in [7, 11) is 3.33. The third kappa shape index (κ3) is 4.83. The SMILES string of the molecule is C[B]CCC(C)(C)OC(=O)N1[C@H](C(=O)OC)[C@@H](c2ccccc2)OC1(C)C. The topological polar surface area (TPSA) is 65.1 Å². The maximum Gasteiger partial charge on any atom is 0.413 e. The molecular formula is C20H29BNO5. The Hall–Kier alpha value is -2.02. The summed E-state index contributed by atoms with van der Waals surface area (Å²) in [6.07, 6.45) is 0.297. The van der Waals surface area contributed by atoms with Gasteiger partial charge in [-0.25, -0.2) is 9.59 Å². The van der Waals surface area contributed by atoms with Crippen LogP contribution in [0.1, 0.15) is 45.8 Å². The van der Waals surface area contributed by atoms with Crippen LogP contribution in [0.3, 0.4) is 0 Å². The predicted octanol–water partition coefficient (Wildman–Crippen LogP) is 3.81. The highest BCUT2D eigenvalue weighted by Gasteiger charge is 2.55. The van der Waals surface area contributed by atoms with Crippen molar-refractivity contribution in [1.82, 2.24) is 4.90 Å². The van der Waals surface area contributed by atoms with Gasteiger partial charge in [0.05, 0.1) is 7.11 Å². The number of carbonyl (C=O) groups is 2. The highest BCUT2D eigenvalue weighted by Crippen LogP contribution is 2.42. The van der Waals surface area contributed by atoms with Crippen molar-refractivity contribution in [2.24, 2.45) is 0 Å². The molecule has 147 valence electrons. The van der Waals surface area contributed by atoms with Gasteiger partial charge in [-0.3, -0.25) is 4.90 Å². The second kappa shape index (κ2) is 8.34. The Morgan fingerprint density at radius 2 is 1.89 bits per heavy atom. The molecule has 0 N–H and O–H groups in total. The monoisotopic (exact) mass is 374 g/mol. The molecular weight excluding hydrogens is 345 g/mol. The summed E-state index contributed by atoms with van der Waals surface area (Å²) < 4.78 is 16.8. The fraction of sp³-hybridized carbons (Fsp3) is 0.600. The van der Waals surface area contributed by atoms with Crippen LogP contribution in [-0.4, -0.2) is 48.7 Å². The Labute approximate surface area is 162 Å². The van der Waals surface area contributed by atoms with Gasteiger partial charge in [-0.15, -0.1) is 0 Å². The van der Waals surface area contributed by atoms with Crippen molar-refractivity contribution in [3.8, 4) is 0 Å². The zero-order chi connectivity index (χ0) is 20.2. The van der Waals surface area contributed by atoms with Gasteiger partial charge >= 0.3 is 12.1 Å². The highest BCUT2D eigenvalue weighted by molar-refractivity contribution is 6.33. The lowest BCUT2D eigenvalue weighted by molar-refractivity contribution is -0.147. The van der Waals surface area contributed by atoms with E-state index in [0.717, 1.165) is 11.9 Å². The first-order valence-corrected chi connectivity index (χ1v) is 9.23. The number of carbonyl (C=O) groups excluding carboxylic acids is 2. The van der Waals surface area contributed by atoms with Crippen molar-refractivity contribution in [3.63, 3.8) is 0 Å². The van der Waals surface area contributed by atoms with Gasteiger partial charge in [0.2, 0.25) is 0 Å². The van der Waals surface area contributed by atoms with Crippen LogP contribution in [0.15, 0.2) is 30.3 Å². The summed E-state index contributed by atoms with van der Waals surface area (Å²) in [6, 6.07) is 8.43. The molecule has 1 saturated heterocycles. The standard InChI is InChI=1S/C20H29BNO5/c1-19(2,12-13-21-5)27-18(24)22-15(17(23)25-6)16(26-20(22,3)4)14-10-8-7-9-11-14/h7-11,15-16H,12-13H2,1-6H3/t15-,16+/m0/s1. The zero-order valence-electron chi connectivity index (χ0n) is 17.0. The molecule has 1 fully saturated rings. The van der Waals surface area contributed by atoms with E-state index in [1.54, 1.807) is 13.8 Å². The quantitative estimate of drug-likeness (QED) is 0.560. The van der Waals surface area contributed by atoms with Crippen LogP contribution in [0.5, 0.6) is 0 Å². The second-order valence-electron chi connectivity index (χ2n) is 7.81. The molecule has 1 radical (unpaired) electrons. The Morgan fingerprint density at radius 3 is 2.44 bits per heavy atom. The largest absolute Gasteiger partial charge is 0.467 e. The summed E-state index contributed by atoms with van der Waals surface area (Å²) in [4.78, 5) is 27.0. The van der Waals surface area contributed by atoms with Crippen LogP contribution in [0.2, 0.25) is 13.1 Å². The molecule has 0 aliphatic carbocycles. The van der Waals surface area contributed by atoms with Crippen LogP contribution in [-0.2, 0) is 19.0 Å². The van der Waals surface area contributed by atoms with Gasteiger partial charge in [-0.2, -0.15) is 0 Å². The zero-order valence-corrected chi connectivity index (χ0v) is 17.0. The Bertz CT molecular complexity index is 662. The van der Waals surface area contributed by atoms with Crippen LogP contribution in [0.4, 0.5) is 4.79 Å². The number of esters is 1. The first-order valence-electron chi connectivity index (χ1n) is 9.23. The average Bonchev–Trinajstić information content (AvgIpc) is 2.91. The van der Waals surface area contributed by atoms with Gasteiger partial charge in [0, 0.05) is 0 Å². The Morgan fingerprint density at radius 1 is 1.26 bits per heavy atom. The number of benzene rings is 1. The van der Waals surface area contributed by atoms with E-state index in [1.165, 1.54) is 12.0 Å². The lowest BCUT2D eigenvalue weighted by Gasteiger charge is -2.35. The molecule has 0 spiro atoms. The Kier molecular flexibility index (Phi) is 6.57. The van der Waals surface area contributed by atoms with E-state index >= 15 is 0 Å². The average molecular weight is 374 g/mol. The first-order chi connectivity index (χ1) is 12.6. The summed E-state index contributed by atoms with van der Waals surface area (Å²) in [5, 5.41) is 0. The minimum Gasteiger partial charge on any atom is -0.467 e. The molecule has 0 unspecified atom stereocenters. The maximum atomic E-state index is 13.1. The van der Waals surface area contributed by atoms with E-state index in [-0.39, 0.29) is 0 Å². The molecule has 0 saturated carbocycles. The van der Waals surface area contributed by atoms with Crippen LogP contribution in [0.25, 0.3) is 0 Å². The van der Waals surface area contributed by atoms with Gasteiger partial charge in [0.25, 0.3) is 0 Å². The van der Waals surface area contributed by atoms with E-state index in [1.807, 2.05) is 58.3 Å². The number of hydrogen-bond donors (Lipinski definition) is 0. The van der Waals surface area contributed by atoms with Crippen molar-refractivity contribution in [3.05, 3.63) is 35.9 Å². The number of amides is 1. The molecule has 27 heavy (non-hydrogen) atoms. The van der Waals surface area contributed by atoms with E-state index < -0.39 is 35.5 Å². The molecule has 2 atom stereocenters. The molecule has 0 bridgehead atoms. The minimum atomic E-state index is -1.02. The van der Waals surface area contributed by atoms with Crippen molar-refractivity contribution in [2.45, 2.75) is 70.7 Å². The minimum absolute atomic E-state index is 0.536. The van der Waals surface area contributed by atoms with Gasteiger partial charge in [-0.1, -0.05) is 43.5 Å². The third-order valence-electron chi connectivity index (χ3n) is 4.73. The van der Waals surface area contributed by atoms with Gasteiger partial charge < -0.3 is 14.2 Å². The number of rotatable bonds is 6. The summed E-state index contributed by atoms with van der Waals surface area (Å²) in [6.45, 7) is 9.19. The molecule has 1 aromatic rings. The summed E-state index contributed by atoms with van der Waals surface area (Å²) >= 11 is 0. The van der Waals surface area contributed by atoms with E-state index in [4.69, 9.17) is 14.2 Å². The molecule has 1 aromatic carbocycles. The summed E-state index contributed by atoms with van der Waals surface area (Å²) in [5.74, 6) is -0.536. The number of ether oxygens (including phenoxy) is 3. The van der Waals surface area contributed by atoms with Crippen molar-refractivity contribution in [1.29, 1.82) is 0 Å². The van der Waals surface area contributed by atoms with Gasteiger partial charge in [-0.05, 0) is 39.7 Å². The fourth-order valence-corrected chi connectivity index (χ4v) is 3.31. The number of methoxy groups -OCH3 is 1. The number of hydrogen-bond acceptors (Lipinski definition) is 5. The van der Waals surface area contributed by atoms with E-state index in [0.29, 0.717) is 6.42 Å². The maximum absolute atomic E-state index is 13.1. The second-order valence-corrected chi connectivity index (χ2v) is 7.81. The van der Waals surface area contributed by atoms with Crippen LogP contribution in [0, 0.1) is 0 Å². The van der Waals surface area contributed by atoms with Crippen LogP contribution < -0.4 is 0 Å². The van der Waals surface area contributed by atoms with Gasteiger partial charge in [0.15, 0.2) is 6.04 Å². The third-order valence-corrected chi connectivity index (χ3v) is 4.73. The molecule has 7 heteroatoms. The Balaban J connectivity index is 2.34. The predicted molar refractivity (Wildman–Crippen MR) is 104 cm³/mol. The van der Waals surface area contributed by atoms with Crippen LogP contribution >= 0.6 is 0 Å². The lowest BCUT2D eigenvalue weighted by Crippen LogP contribution is -2.53. The summed E-state index contributed by atoms with van der Waals surface area (Å²) in [5.41, 5.74) is -0.884. The molecule has 6 nitrogen and oxygen atoms in total. The number of nitrogens with zero attached hydrogens (tertiary/aromatic N) is 1. The lowest BCUT2D eigenvalue weighted by atomic mass is 9.74. The van der Waals surface area contributed by atoms with Crippen molar-refractivity contribution >= 4 is 19.3 Å². The highest BCUT2D eigenvalue weighted by atomic mass is 16.6. The molecule has 1 amide bonds. The fourth-order valence-electron chi connectivity index (χ4n) is 3.31. The molecule has 1 aliphatic rings. The normalized spacial score (nSPS) is 21.6. The van der Waals surface area contributed by atoms with Crippen molar-refractivity contribution < 1.29 is 23.8 Å². The van der Waals surface area contributed by atoms with Gasteiger partial charge in [0.1, 0.15) is 24.7 Å². The van der Waals surface area contributed by atoms with E-state index in [2.05, 4.69) is 0 Å². The molecule has 2 rings (SSSR count).